The van der Waals surface area contributed by atoms with E-state index in [1.807, 2.05) is 0 Å². The van der Waals surface area contributed by atoms with E-state index in [0.717, 1.165) is 0 Å². The third kappa shape index (κ3) is 3.69. The predicted octanol–water partition coefficient (Wildman–Crippen LogP) is 2.00. The summed E-state index contributed by atoms with van der Waals surface area (Å²) in [4.78, 5) is 0.268. The Kier molecular flexibility index (Phi) is 5.00. The molecule has 3 N–H and O–H groups in total. The zero-order chi connectivity index (χ0) is 14.8. The van der Waals surface area contributed by atoms with Crippen LogP contribution in [0.1, 0.15) is 18.4 Å². The third-order valence-corrected chi connectivity index (χ3v) is 5.86. The number of sulfonamides is 1. The van der Waals surface area contributed by atoms with E-state index in [1.54, 1.807) is 18.2 Å². The maximum Gasteiger partial charge on any atom is 0.235 e. The number of nitrogens with one attached hydrogen (secondary N) is 1. The third-order valence-electron chi connectivity index (χ3n) is 3.11. The molecular weight excluding hydrogens is 364 g/mol. The van der Waals surface area contributed by atoms with Gasteiger partial charge in [-0.2, -0.15) is 0 Å². The Hall–Kier alpha value is -0.700. The molecule has 5 nitrogen and oxygen atoms in total. The lowest BCUT2D eigenvalue weighted by molar-refractivity contribution is 0.0984. The molecule has 0 aliphatic carbocycles. The van der Waals surface area contributed by atoms with E-state index in [-0.39, 0.29) is 4.99 Å². The normalized spacial score (nSPS) is 16.9. The van der Waals surface area contributed by atoms with Gasteiger partial charge < -0.3 is 10.5 Å². The van der Waals surface area contributed by atoms with Crippen molar-refractivity contribution in [2.45, 2.75) is 18.1 Å². The Bertz CT molecular complexity index is 613. The first-order valence-corrected chi connectivity index (χ1v) is 8.83. The van der Waals surface area contributed by atoms with Crippen molar-refractivity contribution in [3.05, 3.63) is 28.2 Å². The van der Waals surface area contributed by atoms with E-state index < -0.39 is 15.3 Å². The molecule has 0 bridgehead atoms. The van der Waals surface area contributed by atoms with Crippen molar-refractivity contribution in [2.24, 2.45) is 5.73 Å². The Morgan fingerprint density at radius 2 is 2.05 bits per heavy atom. The average molecular weight is 379 g/mol. The fourth-order valence-electron chi connectivity index (χ4n) is 1.97. The summed E-state index contributed by atoms with van der Waals surface area (Å²) in [5.74, 6) is 0. The van der Waals surface area contributed by atoms with Crippen LogP contribution in [0, 0.1) is 0 Å². The molecule has 0 amide bonds. The number of nitrogens with two attached hydrogens (primary N) is 1. The topological polar surface area (TPSA) is 81.4 Å². The summed E-state index contributed by atoms with van der Waals surface area (Å²) >= 11 is 8.21. The van der Waals surface area contributed by atoms with Crippen LogP contribution in [0.2, 0.25) is 0 Å². The van der Waals surface area contributed by atoms with Crippen LogP contribution in [0.25, 0.3) is 0 Å². The van der Waals surface area contributed by atoms with E-state index >= 15 is 0 Å². The van der Waals surface area contributed by atoms with Crippen molar-refractivity contribution >= 4 is 48.8 Å². The summed E-state index contributed by atoms with van der Waals surface area (Å²) in [6, 6.07) is 5.04. The van der Waals surface area contributed by atoms with Crippen LogP contribution in [0.3, 0.4) is 0 Å². The second kappa shape index (κ2) is 6.38. The summed E-state index contributed by atoms with van der Waals surface area (Å²) < 4.78 is 33.0. The number of ether oxygens (including phenoxy) is 1. The van der Waals surface area contributed by atoms with E-state index in [9.17, 15) is 8.42 Å². The van der Waals surface area contributed by atoms with Gasteiger partial charge in [-0.25, -0.2) is 8.42 Å². The van der Waals surface area contributed by atoms with Crippen LogP contribution >= 0.6 is 28.1 Å². The molecule has 1 aromatic carbocycles. The molecule has 0 radical (unpaired) electrons. The molecule has 0 aromatic heterocycles. The van der Waals surface area contributed by atoms with Crippen LogP contribution in [0.15, 0.2) is 22.7 Å². The molecule has 1 heterocycles. The predicted molar refractivity (Wildman–Crippen MR) is 86.4 cm³/mol. The molecule has 2 rings (SSSR count). The molecule has 0 saturated carbocycles. The summed E-state index contributed by atoms with van der Waals surface area (Å²) in [5.41, 5.74) is 6.70. The molecule has 1 aliphatic heterocycles. The Morgan fingerprint density at radius 3 is 2.60 bits per heavy atom. The number of anilines is 1. The number of hydrogen-bond donors (Lipinski definition) is 2. The molecule has 1 aliphatic rings. The second-order valence-electron chi connectivity index (χ2n) is 4.52. The summed E-state index contributed by atoms with van der Waals surface area (Å²) in [5, 5.41) is -0.418. The second-order valence-corrected chi connectivity index (χ2v) is 7.77. The highest BCUT2D eigenvalue weighted by Crippen LogP contribution is 2.27. The zero-order valence-corrected chi connectivity index (χ0v) is 13.9. The molecule has 20 heavy (non-hydrogen) atoms. The van der Waals surface area contributed by atoms with Crippen molar-refractivity contribution in [3.63, 3.8) is 0 Å². The van der Waals surface area contributed by atoms with Gasteiger partial charge in [-0.3, -0.25) is 4.72 Å². The lowest BCUT2D eigenvalue weighted by atomic mass is 10.2. The van der Waals surface area contributed by atoms with Crippen molar-refractivity contribution in [3.8, 4) is 0 Å². The van der Waals surface area contributed by atoms with E-state index in [0.29, 0.717) is 41.8 Å². The largest absolute Gasteiger partial charge is 0.389 e. The molecule has 1 aromatic rings. The maximum absolute atomic E-state index is 12.3. The Labute approximate surface area is 132 Å². The minimum absolute atomic E-state index is 0.268. The summed E-state index contributed by atoms with van der Waals surface area (Å²) in [6.07, 6.45) is 1.02. The average Bonchev–Trinajstić information content (AvgIpc) is 2.41. The van der Waals surface area contributed by atoms with E-state index in [2.05, 4.69) is 20.7 Å². The van der Waals surface area contributed by atoms with Crippen molar-refractivity contribution in [2.75, 3.05) is 17.9 Å². The quantitative estimate of drug-likeness (QED) is 0.783. The number of hydrogen-bond acceptors (Lipinski definition) is 4. The molecule has 8 heteroatoms. The van der Waals surface area contributed by atoms with Gasteiger partial charge in [-0.15, -0.1) is 0 Å². The highest BCUT2D eigenvalue weighted by atomic mass is 79.9. The first-order valence-electron chi connectivity index (χ1n) is 6.09. The van der Waals surface area contributed by atoms with Gasteiger partial charge in [0.05, 0.1) is 10.9 Å². The van der Waals surface area contributed by atoms with Gasteiger partial charge in [-0.05, 0) is 47.0 Å². The van der Waals surface area contributed by atoms with Crippen molar-refractivity contribution in [1.29, 1.82) is 0 Å². The first kappa shape index (κ1) is 15.7. The lowest BCUT2D eigenvalue weighted by Crippen LogP contribution is -2.33. The number of rotatable bonds is 4. The maximum atomic E-state index is 12.3. The van der Waals surface area contributed by atoms with Crippen LogP contribution in [0.4, 0.5) is 5.69 Å². The molecule has 0 atom stereocenters. The van der Waals surface area contributed by atoms with E-state index in [4.69, 9.17) is 22.7 Å². The molecular formula is C12H15BrN2O3S2. The molecule has 0 unspecified atom stereocenters. The monoisotopic (exact) mass is 378 g/mol. The highest BCUT2D eigenvalue weighted by Gasteiger charge is 2.28. The molecule has 1 saturated heterocycles. The minimum atomic E-state index is -3.42. The van der Waals surface area contributed by atoms with Gasteiger partial charge in [0.2, 0.25) is 10.0 Å². The van der Waals surface area contributed by atoms with Gasteiger partial charge in [0, 0.05) is 23.2 Å². The van der Waals surface area contributed by atoms with Gasteiger partial charge in [-0.1, -0.05) is 12.2 Å². The molecule has 110 valence electrons. The standard InChI is InChI=1S/C12H15BrN2O3S2/c13-10-7-8(12(14)19)1-2-11(10)15-20(16,17)9-3-5-18-6-4-9/h1-2,7,9,15H,3-6H2,(H2,14,19). The minimum Gasteiger partial charge on any atom is -0.389 e. The Balaban J connectivity index is 2.18. The fraction of sp³-hybridized carbons (Fsp3) is 0.417. The van der Waals surface area contributed by atoms with Gasteiger partial charge in [0.25, 0.3) is 0 Å². The van der Waals surface area contributed by atoms with Gasteiger partial charge >= 0.3 is 0 Å². The number of halogens is 1. The number of benzene rings is 1. The van der Waals surface area contributed by atoms with Crippen molar-refractivity contribution in [1.82, 2.24) is 0 Å². The Morgan fingerprint density at radius 1 is 1.40 bits per heavy atom. The zero-order valence-electron chi connectivity index (χ0n) is 10.6. The first-order chi connectivity index (χ1) is 9.40. The van der Waals surface area contributed by atoms with Gasteiger partial charge in [0.1, 0.15) is 4.99 Å². The van der Waals surface area contributed by atoms with Crippen LogP contribution in [-0.2, 0) is 14.8 Å². The van der Waals surface area contributed by atoms with Gasteiger partial charge in [0.15, 0.2) is 0 Å². The lowest BCUT2D eigenvalue weighted by Gasteiger charge is -2.23. The van der Waals surface area contributed by atoms with E-state index in [1.165, 1.54) is 0 Å². The van der Waals surface area contributed by atoms with Crippen molar-refractivity contribution < 1.29 is 13.2 Å². The summed E-state index contributed by atoms with van der Waals surface area (Å²) in [6.45, 7) is 0.959. The summed E-state index contributed by atoms with van der Waals surface area (Å²) in [7, 11) is -3.42. The number of thiocarbonyl (C=S) groups is 1. The van der Waals surface area contributed by atoms with Crippen LogP contribution < -0.4 is 10.5 Å². The SMILES string of the molecule is NC(=S)c1ccc(NS(=O)(=O)C2CCOCC2)c(Br)c1. The fourth-order valence-corrected chi connectivity index (χ4v) is 4.17. The molecule has 1 fully saturated rings. The molecule has 0 spiro atoms. The highest BCUT2D eigenvalue weighted by molar-refractivity contribution is 9.10. The van der Waals surface area contributed by atoms with Crippen LogP contribution in [-0.4, -0.2) is 31.9 Å². The smallest absolute Gasteiger partial charge is 0.235 e. The van der Waals surface area contributed by atoms with Crippen LogP contribution in [0.5, 0.6) is 0 Å².